The van der Waals surface area contributed by atoms with Crippen LogP contribution >= 0.6 is 0 Å². The van der Waals surface area contributed by atoms with Crippen molar-refractivity contribution in [1.82, 2.24) is 9.80 Å². The van der Waals surface area contributed by atoms with Crippen molar-refractivity contribution in [2.24, 2.45) is 0 Å². The zero-order valence-electron chi connectivity index (χ0n) is 12.2. The monoisotopic (exact) mass is 335 g/mol. The highest BCUT2D eigenvalue weighted by Gasteiger charge is 2.34. The molecule has 0 radical (unpaired) electrons. The van der Waals surface area contributed by atoms with Gasteiger partial charge in [0.2, 0.25) is 0 Å². The Bertz CT molecular complexity index is 557. The van der Waals surface area contributed by atoms with Crippen LogP contribution in [0, 0.1) is 5.82 Å². The number of aliphatic hydroxyl groups excluding tert-OH is 1. The van der Waals surface area contributed by atoms with Crippen molar-refractivity contribution < 1.29 is 27.5 Å². The fraction of sp³-hybridized carbons (Fsp3) is 0.500. The third-order valence-electron chi connectivity index (χ3n) is 3.60. The van der Waals surface area contributed by atoms with Gasteiger partial charge in [-0.15, -0.1) is 0 Å². The van der Waals surface area contributed by atoms with E-state index in [1.807, 2.05) is 4.90 Å². The number of piperazine rings is 1. The maximum Gasteiger partial charge on any atom is 0.419 e. The molecule has 9 heteroatoms. The van der Waals surface area contributed by atoms with E-state index in [2.05, 4.69) is 5.32 Å². The lowest BCUT2D eigenvalue weighted by Crippen LogP contribution is -2.50. The average molecular weight is 335 g/mol. The number of hydrogen-bond donors (Lipinski definition) is 2. The molecule has 1 aromatic rings. The summed E-state index contributed by atoms with van der Waals surface area (Å²) >= 11 is 0. The number of amides is 2. The molecule has 2 amide bonds. The number of aliphatic hydroxyl groups is 1. The van der Waals surface area contributed by atoms with E-state index in [9.17, 15) is 22.4 Å². The predicted octanol–water partition coefficient (Wildman–Crippen LogP) is 1.99. The molecule has 0 unspecified atom stereocenters. The van der Waals surface area contributed by atoms with Gasteiger partial charge in [0.05, 0.1) is 12.2 Å². The zero-order chi connectivity index (χ0) is 17.0. The fourth-order valence-electron chi connectivity index (χ4n) is 2.34. The topological polar surface area (TPSA) is 55.8 Å². The molecule has 1 fully saturated rings. The number of nitrogens with one attached hydrogen (secondary N) is 1. The van der Waals surface area contributed by atoms with Gasteiger partial charge < -0.3 is 15.3 Å². The first kappa shape index (κ1) is 17.5. The lowest BCUT2D eigenvalue weighted by Gasteiger charge is -2.34. The summed E-state index contributed by atoms with van der Waals surface area (Å²) in [6.45, 7) is 2.50. The summed E-state index contributed by atoms with van der Waals surface area (Å²) in [5, 5.41) is 11.2. The second-order valence-electron chi connectivity index (χ2n) is 5.17. The van der Waals surface area contributed by atoms with Gasteiger partial charge >= 0.3 is 12.2 Å². The van der Waals surface area contributed by atoms with E-state index in [-0.39, 0.29) is 12.3 Å². The molecule has 5 nitrogen and oxygen atoms in total. The molecule has 2 N–H and O–H groups in total. The molecule has 0 saturated carbocycles. The Balaban J connectivity index is 1.99. The van der Waals surface area contributed by atoms with Gasteiger partial charge in [-0.2, -0.15) is 13.2 Å². The SMILES string of the molecule is O=C(Nc1ccc(F)c(C(F)(F)F)c1)N1CCN(CCO)CC1. The van der Waals surface area contributed by atoms with Crippen LogP contribution in [0.2, 0.25) is 0 Å². The van der Waals surface area contributed by atoms with Crippen molar-refractivity contribution in [2.45, 2.75) is 6.18 Å². The van der Waals surface area contributed by atoms with Crippen molar-refractivity contribution in [2.75, 3.05) is 44.6 Å². The lowest BCUT2D eigenvalue weighted by molar-refractivity contribution is -0.139. The fourth-order valence-corrected chi connectivity index (χ4v) is 2.34. The smallest absolute Gasteiger partial charge is 0.395 e. The Morgan fingerprint density at radius 1 is 1.22 bits per heavy atom. The lowest BCUT2D eigenvalue weighted by atomic mass is 10.2. The van der Waals surface area contributed by atoms with Crippen LogP contribution in [0.15, 0.2) is 18.2 Å². The first-order valence-corrected chi connectivity index (χ1v) is 7.07. The maximum atomic E-state index is 13.2. The van der Waals surface area contributed by atoms with Crippen molar-refractivity contribution in [1.29, 1.82) is 0 Å². The van der Waals surface area contributed by atoms with Crippen LogP contribution in [-0.2, 0) is 6.18 Å². The van der Waals surface area contributed by atoms with Crippen molar-refractivity contribution in [3.8, 4) is 0 Å². The van der Waals surface area contributed by atoms with Gasteiger partial charge in [0.1, 0.15) is 5.82 Å². The highest BCUT2D eigenvalue weighted by Crippen LogP contribution is 2.33. The summed E-state index contributed by atoms with van der Waals surface area (Å²) in [4.78, 5) is 15.5. The molecule has 128 valence electrons. The molecule has 1 heterocycles. The predicted molar refractivity (Wildman–Crippen MR) is 75.5 cm³/mol. The summed E-state index contributed by atoms with van der Waals surface area (Å²) in [7, 11) is 0. The van der Waals surface area contributed by atoms with Crippen LogP contribution in [0.3, 0.4) is 0 Å². The van der Waals surface area contributed by atoms with E-state index in [0.717, 1.165) is 6.07 Å². The Labute approximate surface area is 130 Å². The van der Waals surface area contributed by atoms with Crippen LogP contribution in [0.4, 0.5) is 28.0 Å². The number of benzene rings is 1. The van der Waals surface area contributed by atoms with Crippen LogP contribution in [-0.4, -0.2) is 60.3 Å². The molecule has 0 bridgehead atoms. The minimum absolute atomic E-state index is 0.0298. The summed E-state index contributed by atoms with van der Waals surface area (Å²) in [6, 6.07) is 1.81. The minimum atomic E-state index is -4.82. The van der Waals surface area contributed by atoms with E-state index in [1.54, 1.807) is 0 Å². The van der Waals surface area contributed by atoms with Gasteiger partial charge in [-0.3, -0.25) is 4.90 Å². The number of urea groups is 1. The molecular weight excluding hydrogens is 318 g/mol. The first-order chi connectivity index (χ1) is 10.8. The quantitative estimate of drug-likeness (QED) is 0.831. The molecule has 1 aliphatic heterocycles. The third kappa shape index (κ3) is 4.55. The van der Waals surface area contributed by atoms with E-state index < -0.39 is 23.6 Å². The summed E-state index contributed by atoms with van der Waals surface area (Å²) in [5.74, 6) is -1.38. The highest BCUT2D eigenvalue weighted by molar-refractivity contribution is 5.89. The number of nitrogens with zero attached hydrogens (tertiary/aromatic N) is 2. The molecule has 1 aromatic carbocycles. The van der Waals surface area contributed by atoms with Crippen LogP contribution in [0.25, 0.3) is 0 Å². The number of rotatable bonds is 3. The van der Waals surface area contributed by atoms with Gasteiger partial charge in [0.25, 0.3) is 0 Å². The zero-order valence-corrected chi connectivity index (χ0v) is 12.2. The number of hydrogen-bond acceptors (Lipinski definition) is 3. The third-order valence-corrected chi connectivity index (χ3v) is 3.60. The van der Waals surface area contributed by atoms with Gasteiger partial charge in [0.15, 0.2) is 0 Å². The Kier molecular flexibility index (Phi) is 5.42. The van der Waals surface area contributed by atoms with E-state index in [4.69, 9.17) is 5.11 Å². The van der Waals surface area contributed by atoms with Gasteiger partial charge in [-0.1, -0.05) is 0 Å². The van der Waals surface area contributed by atoms with E-state index in [0.29, 0.717) is 44.9 Å². The number of β-amino-alcohol motifs (C(OH)–C–C–N with tert-alkyl or cyclic N) is 1. The second kappa shape index (κ2) is 7.14. The largest absolute Gasteiger partial charge is 0.419 e. The van der Waals surface area contributed by atoms with Crippen LogP contribution in [0.5, 0.6) is 0 Å². The summed E-state index contributed by atoms with van der Waals surface area (Å²) in [6.07, 6.45) is -4.82. The molecule has 2 rings (SSSR count). The highest BCUT2D eigenvalue weighted by atomic mass is 19.4. The van der Waals surface area contributed by atoms with E-state index in [1.165, 1.54) is 4.90 Å². The number of alkyl halides is 3. The van der Waals surface area contributed by atoms with Crippen molar-refractivity contribution >= 4 is 11.7 Å². The molecule has 0 aromatic heterocycles. The molecule has 0 aliphatic carbocycles. The summed E-state index contributed by atoms with van der Waals surface area (Å²) in [5.41, 5.74) is -1.52. The average Bonchev–Trinajstić information content (AvgIpc) is 2.49. The molecule has 1 saturated heterocycles. The Morgan fingerprint density at radius 3 is 2.43 bits per heavy atom. The van der Waals surface area contributed by atoms with Gasteiger partial charge in [-0.05, 0) is 18.2 Å². The number of carbonyl (C=O) groups excluding carboxylic acids is 1. The van der Waals surface area contributed by atoms with Gasteiger partial charge in [-0.25, -0.2) is 9.18 Å². The molecule has 1 aliphatic rings. The molecule has 0 spiro atoms. The Morgan fingerprint density at radius 2 is 1.87 bits per heavy atom. The van der Waals surface area contributed by atoms with E-state index >= 15 is 0 Å². The van der Waals surface area contributed by atoms with Crippen molar-refractivity contribution in [3.63, 3.8) is 0 Å². The molecule has 0 atom stereocenters. The second-order valence-corrected chi connectivity index (χ2v) is 5.17. The summed E-state index contributed by atoms with van der Waals surface area (Å²) < 4.78 is 51.1. The maximum absolute atomic E-state index is 13.2. The van der Waals surface area contributed by atoms with Crippen LogP contribution in [0.1, 0.15) is 5.56 Å². The molecular formula is C14H17F4N3O2. The van der Waals surface area contributed by atoms with Gasteiger partial charge in [0, 0.05) is 38.4 Å². The first-order valence-electron chi connectivity index (χ1n) is 7.07. The standard InChI is InChI=1S/C14H17F4N3O2/c15-12-2-1-10(9-11(12)14(16,17)18)19-13(23)21-5-3-20(4-6-21)7-8-22/h1-2,9,22H,3-8H2,(H,19,23). The Hall–Kier alpha value is -1.87. The molecule has 23 heavy (non-hydrogen) atoms. The number of anilines is 1. The minimum Gasteiger partial charge on any atom is -0.395 e. The number of carbonyl (C=O) groups is 1. The normalized spacial score (nSPS) is 16.5. The number of halogens is 4. The van der Waals surface area contributed by atoms with Crippen LogP contribution < -0.4 is 5.32 Å². The van der Waals surface area contributed by atoms with Crippen molar-refractivity contribution in [3.05, 3.63) is 29.6 Å².